The molecule has 0 aliphatic heterocycles. The molecule has 3 rings (SSSR count). The number of nitrogens with zero attached hydrogens (tertiary/aromatic N) is 2. The summed E-state index contributed by atoms with van der Waals surface area (Å²) in [5, 5.41) is 0. The number of benzene rings is 3. The first-order valence-corrected chi connectivity index (χ1v) is 16.1. The Morgan fingerprint density at radius 3 is 2.13 bits per heavy atom. The molecule has 10 nitrogen and oxygen atoms in total. The highest BCUT2D eigenvalue weighted by Gasteiger charge is 2.34. The molecule has 3 aromatic rings. The number of esters is 1. The first-order chi connectivity index (χ1) is 22.4. The zero-order chi connectivity index (χ0) is 34.6. The lowest BCUT2D eigenvalue weighted by Crippen LogP contribution is -2.41. The highest BCUT2D eigenvalue weighted by molar-refractivity contribution is 6.08. The fourth-order valence-electron chi connectivity index (χ4n) is 4.63. The van der Waals surface area contributed by atoms with Gasteiger partial charge in [0.15, 0.2) is 5.60 Å². The standard InChI is InChI=1S/C37H47N3O7/c1-8-11-17-33(45-28-20-18-26(19-21-28)34(38)39-32(41)9-2)46-29-22-23-30(31(24-29)47-37(6,7)36(43)44-10-3)35(42)40(25(4)5)27-15-13-12-14-16-27/h12-16,18-25,33H,8-11,17H2,1-7H3,(H2,38,39,41). The molecule has 1 atom stereocenters. The second-order valence-electron chi connectivity index (χ2n) is 11.7. The number of carbonyl (C=O) groups excluding carboxylic acids is 3. The number of unbranched alkanes of at least 4 members (excludes halogenated alkanes) is 1. The van der Waals surface area contributed by atoms with E-state index in [0.717, 1.165) is 18.5 Å². The van der Waals surface area contributed by atoms with Crippen LogP contribution in [0.2, 0.25) is 0 Å². The Kier molecular flexibility index (Phi) is 13.4. The van der Waals surface area contributed by atoms with Crippen molar-refractivity contribution in [1.82, 2.24) is 0 Å². The molecule has 47 heavy (non-hydrogen) atoms. The molecule has 0 heterocycles. The number of nitrogens with two attached hydrogens (primary N) is 1. The van der Waals surface area contributed by atoms with E-state index < -0.39 is 17.9 Å². The van der Waals surface area contributed by atoms with Crippen molar-refractivity contribution in [2.75, 3.05) is 11.5 Å². The fraction of sp³-hybridized carbons (Fsp3) is 0.405. The second kappa shape index (κ2) is 17.2. The van der Waals surface area contributed by atoms with Crippen LogP contribution >= 0.6 is 0 Å². The van der Waals surface area contributed by atoms with Crippen LogP contribution in [0.25, 0.3) is 0 Å². The lowest BCUT2D eigenvalue weighted by molar-refractivity contribution is -0.158. The number of aliphatic imine (C=N–C) groups is 1. The Balaban J connectivity index is 1.97. The van der Waals surface area contributed by atoms with E-state index in [9.17, 15) is 14.4 Å². The van der Waals surface area contributed by atoms with E-state index in [1.165, 1.54) is 0 Å². The molecule has 2 amide bonds. The van der Waals surface area contributed by atoms with E-state index in [0.29, 0.717) is 23.5 Å². The van der Waals surface area contributed by atoms with Gasteiger partial charge < -0.3 is 29.6 Å². The van der Waals surface area contributed by atoms with E-state index in [2.05, 4.69) is 11.9 Å². The van der Waals surface area contributed by atoms with Gasteiger partial charge in [-0.3, -0.25) is 9.59 Å². The number of hydrogen-bond acceptors (Lipinski definition) is 7. The molecule has 0 spiro atoms. The highest BCUT2D eigenvalue weighted by atomic mass is 16.7. The summed E-state index contributed by atoms with van der Waals surface area (Å²) < 4.78 is 24.0. The minimum atomic E-state index is -1.40. The molecular weight excluding hydrogens is 598 g/mol. The average Bonchev–Trinajstić information content (AvgIpc) is 3.04. The summed E-state index contributed by atoms with van der Waals surface area (Å²) in [5.41, 5.74) is 6.17. The van der Waals surface area contributed by atoms with Gasteiger partial charge in [0.2, 0.25) is 12.2 Å². The first kappa shape index (κ1) is 36.6. The molecule has 0 fully saturated rings. The van der Waals surface area contributed by atoms with Gasteiger partial charge in [-0.1, -0.05) is 38.5 Å². The lowest BCUT2D eigenvalue weighted by Gasteiger charge is -2.30. The van der Waals surface area contributed by atoms with Crippen molar-refractivity contribution in [2.24, 2.45) is 10.7 Å². The maximum atomic E-state index is 14.1. The van der Waals surface area contributed by atoms with E-state index in [1.54, 1.807) is 75.1 Å². The van der Waals surface area contributed by atoms with Gasteiger partial charge in [0.25, 0.3) is 5.91 Å². The molecule has 3 aromatic carbocycles. The largest absolute Gasteiger partial charge is 0.475 e. The molecule has 0 saturated heterocycles. The summed E-state index contributed by atoms with van der Waals surface area (Å²) in [6.07, 6.45) is 1.91. The summed E-state index contributed by atoms with van der Waals surface area (Å²) in [7, 11) is 0. The van der Waals surface area contributed by atoms with Crippen LogP contribution in [-0.2, 0) is 14.3 Å². The molecule has 1 unspecified atom stereocenters. The minimum Gasteiger partial charge on any atom is -0.475 e. The molecule has 2 N–H and O–H groups in total. The van der Waals surface area contributed by atoms with Crippen molar-refractivity contribution >= 4 is 29.3 Å². The van der Waals surface area contributed by atoms with Gasteiger partial charge in [-0.05, 0) is 89.6 Å². The maximum Gasteiger partial charge on any atom is 0.349 e. The summed E-state index contributed by atoms with van der Waals surface area (Å²) >= 11 is 0. The van der Waals surface area contributed by atoms with Gasteiger partial charge in [0, 0.05) is 36.2 Å². The predicted octanol–water partition coefficient (Wildman–Crippen LogP) is 7.08. The smallest absolute Gasteiger partial charge is 0.349 e. The Bertz CT molecular complexity index is 1520. The van der Waals surface area contributed by atoms with Crippen LogP contribution in [0.5, 0.6) is 17.2 Å². The Hall–Kier alpha value is -4.86. The zero-order valence-electron chi connectivity index (χ0n) is 28.4. The van der Waals surface area contributed by atoms with Crippen molar-refractivity contribution < 1.29 is 33.3 Å². The molecule has 0 saturated carbocycles. The van der Waals surface area contributed by atoms with Crippen molar-refractivity contribution in [1.29, 1.82) is 0 Å². The molecular formula is C37H47N3O7. The van der Waals surface area contributed by atoms with Crippen molar-refractivity contribution in [2.45, 2.75) is 92.1 Å². The Labute approximate surface area is 277 Å². The normalized spacial score (nSPS) is 12.3. The molecule has 0 bridgehead atoms. The van der Waals surface area contributed by atoms with Crippen LogP contribution in [0, 0.1) is 0 Å². The van der Waals surface area contributed by atoms with E-state index >= 15 is 0 Å². The van der Waals surface area contributed by atoms with Crippen LogP contribution in [-0.4, -0.2) is 48.2 Å². The second-order valence-corrected chi connectivity index (χ2v) is 11.7. The molecule has 0 radical (unpaired) electrons. The van der Waals surface area contributed by atoms with Crippen molar-refractivity contribution in [3.05, 3.63) is 83.9 Å². The third-order valence-corrected chi connectivity index (χ3v) is 7.11. The lowest BCUT2D eigenvalue weighted by atomic mass is 10.1. The van der Waals surface area contributed by atoms with Crippen LogP contribution < -0.4 is 24.8 Å². The van der Waals surface area contributed by atoms with Crippen LogP contribution in [0.1, 0.15) is 90.1 Å². The summed E-state index contributed by atoms with van der Waals surface area (Å²) in [6, 6.07) is 21.1. The number of ether oxygens (including phenoxy) is 4. The van der Waals surface area contributed by atoms with E-state index in [-0.39, 0.29) is 48.0 Å². The number of amidine groups is 1. The highest BCUT2D eigenvalue weighted by Crippen LogP contribution is 2.33. The summed E-state index contributed by atoms with van der Waals surface area (Å²) in [4.78, 5) is 44.1. The van der Waals surface area contributed by atoms with Crippen molar-refractivity contribution in [3.8, 4) is 17.2 Å². The topological polar surface area (TPSA) is 130 Å². The van der Waals surface area contributed by atoms with Gasteiger partial charge >= 0.3 is 5.97 Å². The minimum absolute atomic E-state index is 0.137. The number of amides is 2. The number of rotatable bonds is 16. The molecule has 10 heteroatoms. The Morgan fingerprint density at radius 1 is 0.894 bits per heavy atom. The van der Waals surface area contributed by atoms with Gasteiger partial charge in [-0.15, -0.1) is 0 Å². The molecule has 252 valence electrons. The molecule has 0 aromatic heterocycles. The third kappa shape index (κ3) is 10.3. The van der Waals surface area contributed by atoms with E-state index in [1.807, 2.05) is 44.2 Å². The summed E-state index contributed by atoms with van der Waals surface area (Å²) in [6.45, 7) is 12.7. The monoisotopic (exact) mass is 645 g/mol. The fourth-order valence-corrected chi connectivity index (χ4v) is 4.63. The van der Waals surface area contributed by atoms with Crippen LogP contribution in [0.4, 0.5) is 5.69 Å². The van der Waals surface area contributed by atoms with Gasteiger partial charge in [-0.2, -0.15) is 4.99 Å². The predicted molar refractivity (Wildman–Crippen MR) is 183 cm³/mol. The number of para-hydroxylation sites is 1. The quantitative estimate of drug-likeness (QED) is 0.0757. The zero-order valence-corrected chi connectivity index (χ0v) is 28.4. The summed E-state index contributed by atoms with van der Waals surface area (Å²) in [5.74, 6) is 0.0708. The van der Waals surface area contributed by atoms with Crippen LogP contribution in [0.3, 0.4) is 0 Å². The Morgan fingerprint density at radius 2 is 1.53 bits per heavy atom. The number of carbonyl (C=O) groups is 3. The third-order valence-electron chi connectivity index (χ3n) is 7.11. The van der Waals surface area contributed by atoms with Crippen LogP contribution in [0.15, 0.2) is 77.8 Å². The van der Waals surface area contributed by atoms with Gasteiger partial charge in [0.1, 0.15) is 23.1 Å². The van der Waals surface area contributed by atoms with E-state index in [4.69, 9.17) is 24.7 Å². The van der Waals surface area contributed by atoms with Gasteiger partial charge in [0.05, 0.1) is 12.2 Å². The SMILES string of the molecule is CCCCC(Oc1ccc(C(N)=NC(=O)CC)cc1)Oc1ccc(C(=O)N(c2ccccc2)C(C)C)c(OC(C)(C)C(=O)OCC)c1. The first-order valence-electron chi connectivity index (χ1n) is 16.1. The van der Waals surface area contributed by atoms with Gasteiger partial charge in [-0.25, -0.2) is 4.79 Å². The molecule has 0 aliphatic rings. The number of anilines is 1. The maximum absolute atomic E-state index is 14.1. The molecule has 0 aliphatic carbocycles. The van der Waals surface area contributed by atoms with Crippen molar-refractivity contribution in [3.63, 3.8) is 0 Å². The average molecular weight is 646 g/mol. The number of hydrogen-bond donors (Lipinski definition) is 1.